The Hall–Kier alpha value is -1.82. The van der Waals surface area contributed by atoms with Crippen LogP contribution in [0.4, 0.5) is 5.82 Å². The number of pyridine rings is 1. The predicted molar refractivity (Wildman–Crippen MR) is 88.4 cm³/mol. The third-order valence-electron chi connectivity index (χ3n) is 4.10. The SMILES string of the molecule is CC(C)C(C(=O)O)C(=O)N1CCC(Nc2ncccc2Cl)CC1. The fourth-order valence-electron chi connectivity index (χ4n) is 2.80. The van der Waals surface area contributed by atoms with E-state index in [0.717, 1.165) is 12.8 Å². The molecule has 1 aliphatic heterocycles. The number of nitrogens with one attached hydrogen (secondary N) is 1. The first-order valence-corrected chi connectivity index (χ1v) is 8.16. The van der Waals surface area contributed by atoms with E-state index >= 15 is 0 Å². The Morgan fingerprint density at radius 3 is 2.57 bits per heavy atom. The summed E-state index contributed by atoms with van der Waals surface area (Å²) in [6.45, 7) is 4.59. The average molecular weight is 340 g/mol. The number of nitrogens with zero attached hydrogens (tertiary/aromatic N) is 2. The number of carbonyl (C=O) groups is 2. The number of carbonyl (C=O) groups excluding carboxylic acids is 1. The Balaban J connectivity index is 1.92. The first-order chi connectivity index (χ1) is 10.9. The van der Waals surface area contributed by atoms with Gasteiger partial charge in [0.05, 0.1) is 5.02 Å². The quantitative estimate of drug-likeness (QED) is 0.805. The number of aliphatic carboxylic acids is 1. The average Bonchev–Trinajstić information content (AvgIpc) is 2.49. The molecule has 0 aromatic carbocycles. The standard InChI is InChI=1S/C16H22ClN3O3/c1-10(2)13(16(22)23)15(21)20-8-5-11(6-9-20)19-14-12(17)4-3-7-18-14/h3-4,7,10-11,13H,5-6,8-9H2,1-2H3,(H,18,19)(H,22,23). The highest BCUT2D eigenvalue weighted by Crippen LogP contribution is 2.23. The molecule has 1 aromatic rings. The number of hydrogen-bond donors (Lipinski definition) is 2. The van der Waals surface area contributed by atoms with E-state index in [1.54, 1.807) is 37.1 Å². The number of amides is 1. The first-order valence-electron chi connectivity index (χ1n) is 7.78. The van der Waals surface area contributed by atoms with Gasteiger partial charge in [0, 0.05) is 25.3 Å². The fourth-order valence-corrected chi connectivity index (χ4v) is 2.98. The van der Waals surface area contributed by atoms with Crippen LogP contribution in [0.3, 0.4) is 0 Å². The van der Waals surface area contributed by atoms with Crippen LogP contribution in [0.5, 0.6) is 0 Å². The van der Waals surface area contributed by atoms with Crippen molar-refractivity contribution in [3.05, 3.63) is 23.4 Å². The van der Waals surface area contributed by atoms with Gasteiger partial charge in [0.15, 0.2) is 0 Å². The molecule has 2 N–H and O–H groups in total. The Morgan fingerprint density at radius 2 is 2.04 bits per heavy atom. The van der Waals surface area contributed by atoms with E-state index in [9.17, 15) is 14.7 Å². The van der Waals surface area contributed by atoms with E-state index in [2.05, 4.69) is 10.3 Å². The normalized spacial score (nSPS) is 17.1. The van der Waals surface area contributed by atoms with E-state index in [-0.39, 0.29) is 17.9 Å². The van der Waals surface area contributed by atoms with Crippen LogP contribution in [-0.4, -0.2) is 46.0 Å². The number of anilines is 1. The lowest BCUT2D eigenvalue weighted by Gasteiger charge is -2.34. The number of carboxylic acid groups (broad SMARTS) is 1. The highest BCUT2D eigenvalue weighted by Gasteiger charge is 2.34. The summed E-state index contributed by atoms with van der Waals surface area (Å²) < 4.78 is 0. The fraction of sp³-hybridized carbons (Fsp3) is 0.562. The van der Waals surface area contributed by atoms with Crippen molar-refractivity contribution in [1.29, 1.82) is 0 Å². The maximum Gasteiger partial charge on any atom is 0.316 e. The van der Waals surface area contributed by atoms with Crippen LogP contribution in [0.15, 0.2) is 18.3 Å². The molecular formula is C16H22ClN3O3. The van der Waals surface area contributed by atoms with E-state index < -0.39 is 11.9 Å². The molecule has 1 aliphatic rings. The predicted octanol–water partition coefficient (Wildman–Crippen LogP) is 2.49. The molecule has 1 aromatic heterocycles. The largest absolute Gasteiger partial charge is 0.481 e. The minimum atomic E-state index is -1.05. The van der Waals surface area contributed by atoms with Crippen LogP contribution in [-0.2, 0) is 9.59 Å². The highest BCUT2D eigenvalue weighted by atomic mass is 35.5. The second kappa shape index (κ2) is 7.64. The van der Waals surface area contributed by atoms with Crippen LogP contribution < -0.4 is 5.32 Å². The Labute approximate surface area is 140 Å². The molecule has 1 atom stereocenters. The van der Waals surface area contributed by atoms with Gasteiger partial charge in [-0.3, -0.25) is 9.59 Å². The van der Waals surface area contributed by atoms with E-state index in [4.69, 9.17) is 11.6 Å². The van der Waals surface area contributed by atoms with Gasteiger partial charge in [-0.15, -0.1) is 0 Å². The molecule has 23 heavy (non-hydrogen) atoms. The number of aromatic nitrogens is 1. The van der Waals surface area contributed by atoms with Gasteiger partial charge >= 0.3 is 5.97 Å². The van der Waals surface area contributed by atoms with E-state index in [1.165, 1.54) is 0 Å². The number of hydrogen-bond acceptors (Lipinski definition) is 4. The summed E-state index contributed by atoms with van der Waals surface area (Å²) in [7, 11) is 0. The third-order valence-corrected chi connectivity index (χ3v) is 4.41. The smallest absolute Gasteiger partial charge is 0.316 e. The second-order valence-electron chi connectivity index (χ2n) is 6.14. The summed E-state index contributed by atoms with van der Waals surface area (Å²) in [4.78, 5) is 29.5. The molecule has 0 bridgehead atoms. The van der Waals surface area contributed by atoms with Gasteiger partial charge in [0.1, 0.15) is 11.7 Å². The van der Waals surface area contributed by atoms with Crippen molar-refractivity contribution in [2.75, 3.05) is 18.4 Å². The molecule has 0 aliphatic carbocycles. The van der Waals surface area contributed by atoms with E-state index in [1.807, 2.05) is 0 Å². The summed E-state index contributed by atoms with van der Waals surface area (Å²) in [6.07, 6.45) is 3.15. The Kier molecular flexibility index (Phi) is 5.82. The number of rotatable bonds is 5. The van der Waals surface area contributed by atoms with Crippen LogP contribution in [0.2, 0.25) is 5.02 Å². The zero-order valence-corrected chi connectivity index (χ0v) is 14.1. The van der Waals surface area contributed by atoms with Crippen molar-refractivity contribution < 1.29 is 14.7 Å². The van der Waals surface area contributed by atoms with Gasteiger partial charge < -0.3 is 15.3 Å². The van der Waals surface area contributed by atoms with Crippen molar-refractivity contribution in [3.8, 4) is 0 Å². The van der Waals surface area contributed by atoms with Crippen LogP contribution in [0.25, 0.3) is 0 Å². The monoisotopic (exact) mass is 339 g/mol. The summed E-state index contributed by atoms with van der Waals surface area (Å²) >= 11 is 6.08. The molecule has 2 rings (SSSR count). The molecule has 2 heterocycles. The summed E-state index contributed by atoms with van der Waals surface area (Å²) in [5.74, 6) is -1.88. The Morgan fingerprint density at radius 1 is 1.39 bits per heavy atom. The van der Waals surface area contributed by atoms with Crippen molar-refractivity contribution in [1.82, 2.24) is 9.88 Å². The highest BCUT2D eigenvalue weighted by molar-refractivity contribution is 6.32. The maximum atomic E-state index is 12.4. The molecule has 1 amide bonds. The molecule has 0 radical (unpaired) electrons. The molecule has 0 spiro atoms. The number of halogens is 1. The topological polar surface area (TPSA) is 82.5 Å². The molecule has 1 saturated heterocycles. The summed E-state index contributed by atoms with van der Waals surface area (Å²) in [6, 6.07) is 3.72. The maximum absolute atomic E-state index is 12.4. The number of carboxylic acids is 1. The van der Waals surface area contributed by atoms with Crippen LogP contribution in [0.1, 0.15) is 26.7 Å². The van der Waals surface area contributed by atoms with Crippen molar-refractivity contribution >= 4 is 29.3 Å². The van der Waals surface area contributed by atoms with Crippen molar-refractivity contribution in [2.24, 2.45) is 11.8 Å². The van der Waals surface area contributed by atoms with Crippen molar-refractivity contribution in [2.45, 2.75) is 32.7 Å². The third kappa shape index (κ3) is 4.34. The molecule has 1 fully saturated rings. The van der Waals surface area contributed by atoms with Gasteiger partial charge in [0.2, 0.25) is 5.91 Å². The van der Waals surface area contributed by atoms with Crippen molar-refractivity contribution in [3.63, 3.8) is 0 Å². The number of likely N-dealkylation sites (tertiary alicyclic amines) is 1. The first kappa shape index (κ1) is 17.5. The van der Waals surface area contributed by atoms with Gasteiger partial charge in [-0.1, -0.05) is 25.4 Å². The lowest BCUT2D eigenvalue weighted by Crippen LogP contribution is -2.47. The van der Waals surface area contributed by atoms with Gasteiger partial charge in [-0.2, -0.15) is 0 Å². The van der Waals surface area contributed by atoms with Gasteiger partial charge in [-0.25, -0.2) is 4.98 Å². The van der Waals surface area contributed by atoms with Gasteiger partial charge in [0.25, 0.3) is 0 Å². The second-order valence-corrected chi connectivity index (χ2v) is 6.54. The zero-order chi connectivity index (χ0) is 17.0. The summed E-state index contributed by atoms with van der Waals surface area (Å²) in [5, 5.41) is 13.1. The van der Waals surface area contributed by atoms with E-state index in [0.29, 0.717) is 23.9 Å². The molecule has 7 heteroatoms. The minimum Gasteiger partial charge on any atom is -0.481 e. The van der Waals surface area contributed by atoms with Crippen LogP contribution in [0, 0.1) is 11.8 Å². The molecule has 0 saturated carbocycles. The summed E-state index contributed by atoms with van der Waals surface area (Å²) in [5.41, 5.74) is 0. The minimum absolute atomic E-state index is 0.175. The molecule has 6 nitrogen and oxygen atoms in total. The van der Waals surface area contributed by atoms with Gasteiger partial charge in [-0.05, 0) is 30.9 Å². The Bertz CT molecular complexity index is 571. The molecule has 126 valence electrons. The molecule has 1 unspecified atom stereocenters. The zero-order valence-electron chi connectivity index (χ0n) is 13.3. The lowest BCUT2D eigenvalue weighted by atomic mass is 9.93. The number of piperidine rings is 1. The lowest BCUT2D eigenvalue weighted by molar-refractivity contribution is -0.153. The molecular weight excluding hydrogens is 318 g/mol. The van der Waals surface area contributed by atoms with Crippen LogP contribution >= 0.6 is 11.6 Å².